The van der Waals surface area contributed by atoms with Crippen LogP contribution in [0.15, 0.2) is 66.7 Å². The number of nitrogens with two attached hydrogens (primary N) is 1. The maximum absolute atomic E-state index is 11.4. The molecule has 4 aromatic rings. The first-order chi connectivity index (χ1) is 13.3. The molecule has 28 heavy (non-hydrogen) atoms. The van der Waals surface area contributed by atoms with E-state index in [2.05, 4.69) is 26.7 Å². The predicted octanol–water partition coefficient (Wildman–Crippen LogP) is 3.51. The van der Waals surface area contributed by atoms with Crippen LogP contribution in [0.25, 0.3) is 21.8 Å². The highest BCUT2D eigenvalue weighted by molar-refractivity contribution is 7.92. The van der Waals surface area contributed by atoms with Gasteiger partial charge >= 0.3 is 0 Å². The van der Waals surface area contributed by atoms with Gasteiger partial charge in [-0.2, -0.15) is 4.57 Å². The van der Waals surface area contributed by atoms with Crippen molar-refractivity contribution in [1.29, 1.82) is 0 Å². The molecule has 0 saturated carbocycles. The summed E-state index contributed by atoms with van der Waals surface area (Å²) in [5.41, 5.74) is 11.2. The first kappa shape index (κ1) is 18.1. The molecule has 0 fully saturated rings. The standard InChI is InChI=1S/C21H20N4O2S/c1-25-19-6-4-3-5-17(19)21(18-13-14(22)7-12-20(18)25)23-15-8-10-16(11-9-15)24-28(2,26)27/h3-13,24H,22H2,1-2H3/p+1. The summed E-state index contributed by atoms with van der Waals surface area (Å²) >= 11 is 0. The molecule has 7 heteroatoms. The summed E-state index contributed by atoms with van der Waals surface area (Å²) in [6.45, 7) is 0. The number of para-hydroxylation sites is 1. The number of hydrogen-bond acceptors (Lipinski definition) is 4. The van der Waals surface area contributed by atoms with Gasteiger partial charge in [0.25, 0.3) is 0 Å². The second-order valence-corrected chi connectivity index (χ2v) is 8.55. The first-order valence-corrected chi connectivity index (χ1v) is 10.7. The van der Waals surface area contributed by atoms with Gasteiger partial charge in [-0.15, -0.1) is 0 Å². The van der Waals surface area contributed by atoms with Crippen molar-refractivity contribution in [2.24, 2.45) is 7.05 Å². The lowest BCUT2D eigenvalue weighted by Crippen LogP contribution is -2.30. The van der Waals surface area contributed by atoms with E-state index in [0.29, 0.717) is 11.4 Å². The highest BCUT2D eigenvalue weighted by Crippen LogP contribution is 2.33. The van der Waals surface area contributed by atoms with Crippen LogP contribution in [0.2, 0.25) is 0 Å². The number of anilines is 4. The first-order valence-electron chi connectivity index (χ1n) is 8.77. The van der Waals surface area contributed by atoms with Crippen LogP contribution in [-0.2, 0) is 17.1 Å². The molecule has 4 rings (SSSR count). The fraction of sp³-hybridized carbons (Fsp3) is 0.0952. The highest BCUT2D eigenvalue weighted by Gasteiger charge is 2.18. The Labute approximate surface area is 163 Å². The molecule has 0 aliphatic carbocycles. The Bertz CT molecular complexity index is 1300. The van der Waals surface area contributed by atoms with Crippen molar-refractivity contribution in [3.05, 3.63) is 66.7 Å². The van der Waals surface area contributed by atoms with Crippen LogP contribution >= 0.6 is 0 Å². The number of benzene rings is 3. The van der Waals surface area contributed by atoms with Gasteiger partial charge in [-0.25, -0.2) is 8.42 Å². The quantitative estimate of drug-likeness (QED) is 0.281. The Hall–Kier alpha value is -3.32. The van der Waals surface area contributed by atoms with Crippen molar-refractivity contribution >= 4 is 54.6 Å². The van der Waals surface area contributed by atoms with E-state index in [1.54, 1.807) is 12.1 Å². The molecular formula is C21H21N4O2S+. The number of hydrogen-bond donors (Lipinski definition) is 3. The molecule has 0 aliphatic heterocycles. The van der Waals surface area contributed by atoms with Gasteiger partial charge in [-0.3, -0.25) is 4.72 Å². The topological polar surface area (TPSA) is 88.1 Å². The zero-order chi connectivity index (χ0) is 19.9. The monoisotopic (exact) mass is 393 g/mol. The molecule has 1 aromatic heterocycles. The highest BCUT2D eigenvalue weighted by atomic mass is 32.2. The molecule has 0 atom stereocenters. The maximum atomic E-state index is 11.4. The molecule has 0 spiro atoms. The van der Waals surface area contributed by atoms with Crippen molar-refractivity contribution in [1.82, 2.24) is 0 Å². The van der Waals surface area contributed by atoms with Crippen LogP contribution in [0.1, 0.15) is 0 Å². The van der Waals surface area contributed by atoms with Gasteiger partial charge in [-0.1, -0.05) is 12.1 Å². The molecule has 142 valence electrons. The Morgan fingerprint density at radius 1 is 0.857 bits per heavy atom. The summed E-state index contributed by atoms with van der Waals surface area (Å²) in [4.78, 5) is 0. The summed E-state index contributed by atoms with van der Waals surface area (Å²) in [5, 5.41) is 5.57. The zero-order valence-corrected chi connectivity index (χ0v) is 16.4. The summed E-state index contributed by atoms with van der Waals surface area (Å²) in [5.74, 6) is 0. The molecule has 3 aromatic carbocycles. The minimum atomic E-state index is -3.30. The van der Waals surface area contributed by atoms with Gasteiger partial charge in [0.15, 0.2) is 0 Å². The minimum Gasteiger partial charge on any atom is -0.399 e. The fourth-order valence-corrected chi connectivity index (χ4v) is 3.98. The number of aromatic nitrogens is 1. The fourth-order valence-electron chi connectivity index (χ4n) is 3.41. The zero-order valence-electron chi connectivity index (χ0n) is 15.6. The molecule has 0 bridgehead atoms. The Kier molecular flexibility index (Phi) is 4.31. The summed E-state index contributed by atoms with van der Waals surface area (Å²) in [7, 11) is -1.27. The van der Waals surface area contributed by atoms with Gasteiger partial charge in [0.1, 0.15) is 7.05 Å². The van der Waals surface area contributed by atoms with Gasteiger partial charge in [0, 0.05) is 29.2 Å². The maximum Gasteiger partial charge on any atom is 0.229 e. The lowest BCUT2D eigenvalue weighted by Gasteiger charge is -2.13. The third-order valence-electron chi connectivity index (χ3n) is 4.64. The molecule has 0 unspecified atom stereocenters. The van der Waals surface area contributed by atoms with Gasteiger partial charge in [0.2, 0.25) is 21.1 Å². The van der Waals surface area contributed by atoms with Crippen LogP contribution in [0.4, 0.5) is 22.7 Å². The van der Waals surface area contributed by atoms with Crippen LogP contribution in [0.3, 0.4) is 0 Å². The van der Waals surface area contributed by atoms with Gasteiger partial charge in [0.05, 0.1) is 22.7 Å². The van der Waals surface area contributed by atoms with Crippen LogP contribution in [-0.4, -0.2) is 14.7 Å². The Morgan fingerprint density at radius 3 is 2.21 bits per heavy atom. The average Bonchev–Trinajstić information content (AvgIpc) is 2.65. The molecule has 1 heterocycles. The van der Waals surface area contributed by atoms with E-state index in [-0.39, 0.29) is 0 Å². The lowest BCUT2D eigenvalue weighted by molar-refractivity contribution is -0.617. The lowest BCUT2D eigenvalue weighted by atomic mass is 10.1. The molecular weight excluding hydrogens is 372 g/mol. The van der Waals surface area contributed by atoms with Crippen molar-refractivity contribution in [2.75, 3.05) is 22.0 Å². The summed E-state index contributed by atoms with van der Waals surface area (Å²) in [6, 6.07) is 21.2. The third-order valence-corrected chi connectivity index (χ3v) is 5.25. The number of nitrogen functional groups attached to an aromatic ring is 1. The van der Waals surface area contributed by atoms with Crippen LogP contribution in [0, 0.1) is 0 Å². The molecule has 4 N–H and O–H groups in total. The molecule has 0 saturated heterocycles. The van der Waals surface area contributed by atoms with E-state index >= 15 is 0 Å². The molecule has 0 amide bonds. The number of pyridine rings is 1. The predicted molar refractivity (Wildman–Crippen MR) is 115 cm³/mol. The van der Waals surface area contributed by atoms with E-state index in [1.165, 1.54) is 0 Å². The van der Waals surface area contributed by atoms with E-state index in [9.17, 15) is 8.42 Å². The Morgan fingerprint density at radius 2 is 1.50 bits per heavy atom. The largest absolute Gasteiger partial charge is 0.399 e. The number of fused-ring (bicyclic) bond motifs is 2. The van der Waals surface area contributed by atoms with E-state index in [1.807, 2.05) is 49.5 Å². The van der Waals surface area contributed by atoms with Crippen LogP contribution in [0.5, 0.6) is 0 Å². The smallest absolute Gasteiger partial charge is 0.229 e. The number of nitrogens with zero attached hydrogens (tertiary/aromatic N) is 1. The van der Waals surface area contributed by atoms with Crippen LogP contribution < -0.4 is 20.3 Å². The van der Waals surface area contributed by atoms with Crippen molar-refractivity contribution < 1.29 is 13.0 Å². The molecule has 0 radical (unpaired) electrons. The Balaban J connectivity index is 1.85. The van der Waals surface area contributed by atoms with E-state index < -0.39 is 10.0 Å². The van der Waals surface area contributed by atoms with Crippen molar-refractivity contribution in [3.8, 4) is 0 Å². The van der Waals surface area contributed by atoms with E-state index in [4.69, 9.17) is 5.73 Å². The number of aryl methyl sites for hydroxylation is 1. The number of rotatable bonds is 4. The number of nitrogens with one attached hydrogen (secondary N) is 2. The summed E-state index contributed by atoms with van der Waals surface area (Å²) < 4.78 is 27.4. The second-order valence-electron chi connectivity index (χ2n) is 6.80. The number of sulfonamides is 1. The second kappa shape index (κ2) is 6.69. The van der Waals surface area contributed by atoms with Crippen molar-refractivity contribution in [3.63, 3.8) is 0 Å². The normalized spacial score (nSPS) is 11.6. The van der Waals surface area contributed by atoms with Gasteiger partial charge < -0.3 is 11.1 Å². The average molecular weight is 393 g/mol. The van der Waals surface area contributed by atoms with Crippen molar-refractivity contribution in [2.45, 2.75) is 0 Å². The third kappa shape index (κ3) is 3.44. The molecule has 6 nitrogen and oxygen atoms in total. The minimum absolute atomic E-state index is 0.520. The van der Waals surface area contributed by atoms with Gasteiger partial charge in [-0.05, 0) is 42.5 Å². The molecule has 0 aliphatic rings. The SMILES string of the molecule is C[n+]1c2ccccc2c(Nc2ccc(NS(C)(=O)=O)cc2)c2cc(N)ccc21. The summed E-state index contributed by atoms with van der Waals surface area (Å²) in [6.07, 6.45) is 1.13. The van der Waals surface area contributed by atoms with E-state index in [0.717, 1.165) is 39.4 Å².